The minimum Gasteiger partial charge on any atom is -0.351 e. The van der Waals surface area contributed by atoms with Crippen LogP contribution in [0.4, 0.5) is 0 Å². The van der Waals surface area contributed by atoms with E-state index < -0.39 is 0 Å². The molecule has 0 amide bonds. The van der Waals surface area contributed by atoms with Crippen molar-refractivity contribution in [1.82, 2.24) is 4.57 Å². The van der Waals surface area contributed by atoms with E-state index in [-0.39, 0.29) is 0 Å². The highest BCUT2D eigenvalue weighted by atomic mass is 14.9. The van der Waals surface area contributed by atoms with Crippen molar-refractivity contribution in [3.05, 3.63) is 59.8 Å². The zero-order chi connectivity index (χ0) is 16.9. The Bertz CT molecular complexity index is 784. The Labute approximate surface area is 146 Å². The monoisotopic (exact) mass is 319 g/mol. The summed E-state index contributed by atoms with van der Waals surface area (Å²) in [5.41, 5.74) is 7.04. The van der Waals surface area contributed by atoms with E-state index in [2.05, 4.69) is 74.1 Å². The molecule has 0 atom stereocenters. The molecule has 1 aromatic heterocycles. The van der Waals surface area contributed by atoms with Gasteiger partial charge in [-0.3, -0.25) is 0 Å². The highest BCUT2D eigenvalue weighted by Crippen LogP contribution is 2.31. The zero-order valence-electron chi connectivity index (χ0n) is 15.3. The SMILES string of the molecule is CCCCc1cc(CCCC)cc(-c2cccc3c2ccn3C)c1. The van der Waals surface area contributed by atoms with Crippen LogP contribution in [0.1, 0.15) is 50.7 Å². The highest BCUT2D eigenvalue weighted by Gasteiger charge is 2.09. The number of aromatic nitrogens is 1. The molecule has 126 valence electrons. The van der Waals surface area contributed by atoms with E-state index in [1.54, 1.807) is 0 Å². The number of hydrogen-bond donors (Lipinski definition) is 0. The normalized spacial score (nSPS) is 11.3. The van der Waals surface area contributed by atoms with Gasteiger partial charge in [0.25, 0.3) is 0 Å². The third-order valence-electron chi connectivity index (χ3n) is 4.93. The molecule has 3 aromatic rings. The van der Waals surface area contributed by atoms with Gasteiger partial charge in [-0.25, -0.2) is 0 Å². The molecule has 2 aromatic carbocycles. The summed E-state index contributed by atoms with van der Waals surface area (Å²) in [5, 5.41) is 1.36. The van der Waals surface area contributed by atoms with Crippen molar-refractivity contribution in [2.24, 2.45) is 7.05 Å². The summed E-state index contributed by atoms with van der Waals surface area (Å²) in [4.78, 5) is 0. The van der Waals surface area contributed by atoms with Crippen molar-refractivity contribution in [1.29, 1.82) is 0 Å². The van der Waals surface area contributed by atoms with E-state index >= 15 is 0 Å². The van der Waals surface area contributed by atoms with Crippen LogP contribution in [-0.2, 0) is 19.9 Å². The summed E-state index contributed by atoms with van der Waals surface area (Å²) in [5.74, 6) is 0. The molecular formula is C23H29N. The number of benzene rings is 2. The first-order valence-corrected chi connectivity index (χ1v) is 9.40. The maximum Gasteiger partial charge on any atom is 0.0483 e. The average Bonchev–Trinajstić information content (AvgIpc) is 2.99. The van der Waals surface area contributed by atoms with Crippen LogP contribution in [0.25, 0.3) is 22.0 Å². The molecule has 1 heteroatoms. The molecule has 0 N–H and O–H groups in total. The fourth-order valence-electron chi connectivity index (χ4n) is 3.52. The van der Waals surface area contributed by atoms with Gasteiger partial charge < -0.3 is 4.57 Å². The van der Waals surface area contributed by atoms with E-state index in [4.69, 9.17) is 0 Å². The predicted octanol–water partition coefficient (Wildman–Crippen LogP) is 6.53. The van der Waals surface area contributed by atoms with Crippen LogP contribution in [0.3, 0.4) is 0 Å². The second-order valence-corrected chi connectivity index (χ2v) is 6.91. The Morgan fingerprint density at radius 2 is 1.50 bits per heavy atom. The van der Waals surface area contributed by atoms with Crippen molar-refractivity contribution >= 4 is 10.9 Å². The van der Waals surface area contributed by atoms with Crippen LogP contribution in [-0.4, -0.2) is 4.57 Å². The Morgan fingerprint density at radius 3 is 2.12 bits per heavy atom. The Hall–Kier alpha value is -2.02. The number of rotatable bonds is 7. The molecule has 0 bridgehead atoms. The van der Waals surface area contributed by atoms with Crippen LogP contribution in [0.2, 0.25) is 0 Å². The van der Waals surface area contributed by atoms with Crippen LogP contribution in [0, 0.1) is 0 Å². The molecule has 24 heavy (non-hydrogen) atoms. The lowest BCUT2D eigenvalue weighted by Gasteiger charge is -2.11. The maximum atomic E-state index is 2.43. The predicted molar refractivity (Wildman–Crippen MR) is 106 cm³/mol. The first kappa shape index (κ1) is 16.8. The highest BCUT2D eigenvalue weighted by molar-refractivity contribution is 5.95. The van der Waals surface area contributed by atoms with Crippen LogP contribution in [0.15, 0.2) is 48.7 Å². The molecule has 0 spiro atoms. The lowest BCUT2D eigenvalue weighted by Crippen LogP contribution is -1.93. The molecule has 1 nitrogen and oxygen atoms in total. The van der Waals surface area contributed by atoms with Gasteiger partial charge in [-0.05, 0) is 60.1 Å². The van der Waals surface area contributed by atoms with Gasteiger partial charge in [-0.2, -0.15) is 0 Å². The molecule has 0 radical (unpaired) electrons. The van der Waals surface area contributed by atoms with E-state index in [1.165, 1.54) is 71.7 Å². The van der Waals surface area contributed by atoms with Gasteiger partial charge in [-0.15, -0.1) is 0 Å². The molecule has 0 aliphatic heterocycles. The van der Waals surface area contributed by atoms with Gasteiger partial charge in [0.15, 0.2) is 0 Å². The molecule has 0 aliphatic carbocycles. The number of hydrogen-bond acceptors (Lipinski definition) is 0. The number of unbranched alkanes of at least 4 members (excludes halogenated alkanes) is 2. The molecule has 0 saturated heterocycles. The molecule has 0 unspecified atom stereocenters. The van der Waals surface area contributed by atoms with Crippen LogP contribution in [0.5, 0.6) is 0 Å². The van der Waals surface area contributed by atoms with Gasteiger partial charge in [-0.1, -0.05) is 57.0 Å². The number of fused-ring (bicyclic) bond motifs is 1. The van der Waals surface area contributed by atoms with Crippen molar-refractivity contribution in [2.45, 2.75) is 52.4 Å². The smallest absolute Gasteiger partial charge is 0.0483 e. The largest absolute Gasteiger partial charge is 0.351 e. The van der Waals surface area contributed by atoms with E-state index in [9.17, 15) is 0 Å². The minimum atomic E-state index is 1.19. The zero-order valence-corrected chi connectivity index (χ0v) is 15.3. The van der Waals surface area contributed by atoms with Gasteiger partial charge >= 0.3 is 0 Å². The van der Waals surface area contributed by atoms with E-state index in [1.807, 2.05) is 0 Å². The summed E-state index contributed by atoms with van der Waals surface area (Å²) in [6.07, 6.45) is 9.58. The molecule has 0 saturated carbocycles. The Morgan fingerprint density at radius 1 is 0.833 bits per heavy atom. The lowest BCUT2D eigenvalue weighted by molar-refractivity contribution is 0.781. The molecule has 0 fully saturated rings. The first-order valence-electron chi connectivity index (χ1n) is 9.40. The summed E-state index contributed by atoms with van der Waals surface area (Å²) >= 11 is 0. The number of nitrogens with zero attached hydrogens (tertiary/aromatic N) is 1. The lowest BCUT2D eigenvalue weighted by atomic mass is 9.94. The molecule has 3 rings (SSSR count). The maximum absolute atomic E-state index is 2.43. The minimum absolute atomic E-state index is 1.19. The Balaban J connectivity index is 2.07. The first-order chi connectivity index (χ1) is 11.7. The summed E-state index contributed by atoms with van der Waals surface area (Å²) in [7, 11) is 2.12. The van der Waals surface area contributed by atoms with Gasteiger partial charge in [0.2, 0.25) is 0 Å². The van der Waals surface area contributed by atoms with Crippen LogP contribution < -0.4 is 0 Å². The van der Waals surface area contributed by atoms with Gasteiger partial charge in [0, 0.05) is 24.1 Å². The topological polar surface area (TPSA) is 4.93 Å². The second-order valence-electron chi connectivity index (χ2n) is 6.91. The van der Waals surface area contributed by atoms with Crippen molar-refractivity contribution in [3.63, 3.8) is 0 Å². The Kier molecular flexibility index (Phi) is 5.40. The van der Waals surface area contributed by atoms with E-state index in [0.717, 1.165) is 0 Å². The molecule has 0 aliphatic rings. The summed E-state index contributed by atoms with van der Waals surface area (Å²) in [6, 6.07) is 16.2. The molecular weight excluding hydrogens is 290 g/mol. The van der Waals surface area contributed by atoms with Crippen molar-refractivity contribution in [3.8, 4) is 11.1 Å². The third-order valence-corrected chi connectivity index (χ3v) is 4.93. The second kappa shape index (κ2) is 7.70. The van der Waals surface area contributed by atoms with Crippen LogP contribution >= 0.6 is 0 Å². The van der Waals surface area contributed by atoms with E-state index in [0.29, 0.717) is 0 Å². The average molecular weight is 319 g/mol. The van der Waals surface area contributed by atoms with Crippen molar-refractivity contribution < 1.29 is 0 Å². The fraction of sp³-hybridized carbons (Fsp3) is 0.391. The van der Waals surface area contributed by atoms with Crippen molar-refractivity contribution in [2.75, 3.05) is 0 Å². The quantitative estimate of drug-likeness (QED) is 0.466. The third kappa shape index (κ3) is 3.56. The summed E-state index contributed by atoms with van der Waals surface area (Å²) in [6.45, 7) is 4.54. The molecule has 1 heterocycles. The van der Waals surface area contributed by atoms with Gasteiger partial charge in [0.05, 0.1) is 0 Å². The standard InChI is InChI=1S/C23H29N/c1-4-6-9-18-15-19(10-7-5-2)17-20(16-18)21-11-8-12-23-22(21)13-14-24(23)3/h8,11-17H,4-7,9-10H2,1-3H3. The fourth-order valence-corrected chi connectivity index (χ4v) is 3.52. The van der Waals surface area contributed by atoms with Gasteiger partial charge in [0.1, 0.15) is 0 Å². The summed E-state index contributed by atoms with van der Waals surface area (Å²) < 4.78 is 2.21. The number of aryl methyl sites for hydroxylation is 3.